The molecule has 1 aliphatic rings. The molecule has 0 saturated carbocycles. The molecule has 0 atom stereocenters. The van der Waals surface area contributed by atoms with Crippen LogP contribution in [0.5, 0.6) is 5.75 Å². The monoisotopic (exact) mass is 522 g/mol. The summed E-state index contributed by atoms with van der Waals surface area (Å²) in [6, 6.07) is 10.6. The van der Waals surface area contributed by atoms with Gasteiger partial charge in [0.1, 0.15) is 6.61 Å². The number of ether oxygens (including phenoxy) is 2. The van der Waals surface area contributed by atoms with Gasteiger partial charge in [-0.1, -0.05) is 30.3 Å². The molecule has 0 aliphatic carbocycles. The summed E-state index contributed by atoms with van der Waals surface area (Å²) in [5, 5.41) is 0. The molecule has 3 aromatic rings. The highest BCUT2D eigenvalue weighted by Gasteiger charge is 2.36. The minimum Gasteiger partial charge on any atom is -0.481 e. The third kappa shape index (κ3) is 3.85. The Morgan fingerprint density at radius 1 is 1.22 bits per heavy atom. The topological polar surface area (TPSA) is 111 Å². The molecule has 0 radical (unpaired) electrons. The molecule has 0 spiro atoms. The Hall–Kier alpha value is -2.96. The number of aromatic nitrogens is 2. The number of anilines is 1. The highest BCUT2D eigenvalue weighted by atomic mass is 79.9. The van der Waals surface area contributed by atoms with E-state index in [0.29, 0.717) is 4.47 Å². The fourth-order valence-electron chi connectivity index (χ4n) is 3.33. The van der Waals surface area contributed by atoms with Gasteiger partial charge in [0.2, 0.25) is 5.75 Å². The van der Waals surface area contributed by atoms with Gasteiger partial charge >= 0.3 is 21.7 Å². The van der Waals surface area contributed by atoms with Crippen molar-refractivity contribution in [3.8, 4) is 5.75 Å². The predicted molar refractivity (Wildman–Crippen MR) is 120 cm³/mol. The minimum atomic E-state index is -3.79. The number of nitrogens with zero attached hydrogens (tertiary/aromatic N) is 4. The highest BCUT2D eigenvalue weighted by Crippen LogP contribution is 2.31. The van der Waals surface area contributed by atoms with Crippen molar-refractivity contribution < 1.29 is 22.7 Å². The molecule has 0 N–H and O–H groups in total. The lowest BCUT2D eigenvalue weighted by Crippen LogP contribution is -2.32. The number of halogens is 1. The fraction of sp³-hybridized carbons (Fsp3) is 0.250. The van der Waals surface area contributed by atoms with E-state index in [0.717, 1.165) is 21.4 Å². The van der Waals surface area contributed by atoms with Gasteiger partial charge < -0.3 is 9.47 Å². The molecular weight excluding hydrogens is 504 g/mol. The molecule has 0 amide bonds. The molecule has 2 aromatic heterocycles. The van der Waals surface area contributed by atoms with E-state index >= 15 is 0 Å². The van der Waals surface area contributed by atoms with Crippen molar-refractivity contribution in [2.45, 2.75) is 6.61 Å². The molecule has 32 heavy (non-hydrogen) atoms. The summed E-state index contributed by atoms with van der Waals surface area (Å²) in [5.74, 6) is -1.16. The van der Waals surface area contributed by atoms with Crippen LogP contribution < -0.4 is 14.6 Å². The SMILES string of the molecule is COC(=O)c1nc2c(N3CCN(C)S3(=O)=O)cc(Br)cn2c(=O)c1OCc1ccccc1. The van der Waals surface area contributed by atoms with Gasteiger partial charge in [0, 0.05) is 30.8 Å². The Labute approximate surface area is 192 Å². The lowest BCUT2D eigenvalue weighted by atomic mass is 10.2. The Balaban J connectivity index is 1.92. The van der Waals surface area contributed by atoms with E-state index in [2.05, 4.69) is 20.9 Å². The molecule has 0 unspecified atom stereocenters. The van der Waals surface area contributed by atoms with Gasteiger partial charge in [0.15, 0.2) is 11.3 Å². The number of likely N-dealkylation sites (N-methyl/N-ethyl adjacent to an activating group) is 1. The smallest absolute Gasteiger partial charge is 0.360 e. The van der Waals surface area contributed by atoms with Crippen LogP contribution in [0.1, 0.15) is 16.1 Å². The normalized spacial score (nSPS) is 15.8. The van der Waals surface area contributed by atoms with Gasteiger partial charge in [0.05, 0.1) is 12.8 Å². The zero-order valence-corrected chi connectivity index (χ0v) is 19.6. The van der Waals surface area contributed by atoms with Crippen molar-refractivity contribution in [1.82, 2.24) is 13.7 Å². The van der Waals surface area contributed by atoms with Crippen LogP contribution in [-0.2, 0) is 21.6 Å². The molecule has 168 valence electrons. The van der Waals surface area contributed by atoms with Gasteiger partial charge in [-0.15, -0.1) is 0 Å². The highest BCUT2D eigenvalue weighted by molar-refractivity contribution is 9.10. The van der Waals surface area contributed by atoms with Crippen LogP contribution in [0, 0.1) is 0 Å². The average Bonchev–Trinajstić information content (AvgIpc) is 3.05. The second-order valence-corrected chi connectivity index (χ2v) is 9.87. The summed E-state index contributed by atoms with van der Waals surface area (Å²) in [7, 11) is -1.17. The third-order valence-electron chi connectivity index (χ3n) is 4.99. The van der Waals surface area contributed by atoms with Crippen LogP contribution in [0.3, 0.4) is 0 Å². The van der Waals surface area contributed by atoms with E-state index in [1.54, 1.807) is 0 Å². The number of esters is 1. The third-order valence-corrected chi connectivity index (χ3v) is 7.33. The summed E-state index contributed by atoms with van der Waals surface area (Å²) in [4.78, 5) is 30.1. The summed E-state index contributed by atoms with van der Waals surface area (Å²) in [6.45, 7) is 0.466. The molecule has 3 heterocycles. The number of hydrogen-bond donors (Lipinski definition) is 0. The molecule has 1 saturated heterocycles. The van der Waals surface area contributed by atoms with E-state index in [1.807, 2.05) is 30.3 Å². The zero-order chi connectivity index (χ0) is 23.0. The van der Waals surface area contributed by atoms with Gasteiger partial charge in [-0.25, -0.2) is 9.78 Å². The maximum absolute atomic E-state index is 13.3. The molecule has 1 aromatic carbocycles. The maximum Gasteiger partial charge on any atom is 0.360 e. The van der Waals surface area contributed by atoms with Crippen LogP contribution in [0.2, 0.25) is 0 Å². The van der Waals surface area contributed by atoms with Crippen LogP contribution >= 0.6 is 15.9 Å². The molecule has 1 aliphatic heterocycles. The summed E-state index contributed by atoms with van der Waals surface area (Å²) in [6.07, 6.45) is 1.44. The first kappa shape index (κ1) is 22.2. The number of rotatable bonds is 5. The first-order valence-electron chi connectivity index (χ1n) is 9.49. The van der Waals surface area contributed by atoms with Crippen molar-refractivity contribution in [3.05, 3.63) is 68.7 Å². The van der Waals surface area contributed by atoms with Crippen molar-refractivity contribution in [2.75, 3.05) is 31.6 Å². The second-order valence-electron chi connectivity index (χ2n) is 7.00. The van der Waals surface area contributed by atoms with Gasteiger partial charge in [-0.2, -0.15) is 12.7 Å². The van der Waals surface area contributed by atoms with Crippen LogP contribution in [0.15, 0.2) is 51.9 Å². The van der Waals surface area contributed by atoms with Crippen LogP contribution in [0.25, 0.3) is 5.65 Å². The van der Waals surface area contributed by atoms with Gasteiger partial charge in [-0.3, -0.25) is 13.5 Å². The summed E-state index contributed by atoms with van der Waals surface area (Å²) in [5.41, 5.74) is -0.0696. The van der Waals surface area contributed by atoms with E-state index in [9.17, 15) is 18.0 Å². The molecular formula is C20H19BrN4O6S. The van der Waals surface area contributed by atoms with Crippen molar-refractivity contribution in [3.63, 3.8) is 0 Å². The quantitative estimate of drug-likeness (QED) is 0.470. The Morgan fingerprint density at radius 2 is 1.94 bits per heavy atom. The Bertz CT molecular complexity index is 1360. The van der Waals surface area contributed by atoms with Crippen molar-refractivity contribution in [2.24, 2.45) is 0 Å². The molecule has 10 nitrogen and oxygen atoms in total. The van der Waals surface area contributed by atoms with Crippen LogP contribution in [-0.4, -0.2) is 55.3 Å². The number of benzene rings is 1. The van der Waals surface area contributed by atoms with E-state index in [1.165, 1.54) is 23.6 Å². The fourth-order valence-corrected chi connectivity index (χ4v) is 5.09. The largest absolute Gasteiger partial charge is 0.481 e. The number of carbonyl (C=O) groups is 1. The number of methoxy groups -OCH3 is 1. The number of fused-ring (bicyclic) bond motifs is 1. The Morgan fingerprint density at radius 3 is 2.56 bits per heavy atom. The maximum atomic E-state index is 13.3. The molecule has 1 fully saturated rings. The molecule has 12 heteroatoms. The molecule has 4 rings (SSSR count). The first-order chi connectivity index (χ1) is 15.2. The molecule has 0 bridgehead atoms. The number of hydrogen-bond acceptors (Lipinski definition) is 7. The Kier molecular flexibility index (Phi) is 5.93. The van der Waals surface area contributed by atoms with Crippen LogP contribution in [0.4, 0.5) is 5.69 Å². The van der Waals surface area contributed by atoms with Crippen molar-refractivity contribution >= 4 is 43.4 Å². The second kappa shape index (κ2) is 8.52. The van der Waals surface area contributed by atoms with Crippen molar-refractivity contribution in [1.29, 1.82) is 0 Å². The number of pyridine rings is 1. The minimum absolute atomic E-state index is 0.00969. The van der Waals surface area contributed by atoms with E-state index in [4.69, 9.17) is 9.47 Å². The lowest BCUT2D eigenvalue weighted by Gasteiger charge is -2.20. The van der Waals surface area contributed by atoms with Gasteiger partial charge in [-0.05, 0) is 27.6 Å². The van der Waals surface area contributed by atoms with Gasteiger partial charge in [0.25, 0.3) is 0 Å². The van der Waals surface area contributed by atoms with E-state index in [-0.39, 0.29) is 42.5 Å². The zero-order valence-electron chi connectivity index (χ0n) is 17.2. The van der Waals surface area contributed by atoms with E-state index < -0.39 is 21.7 Å². The average molecular weight is 523 g/mol. The first-order valence-corrected chi connectivity index (χ1v) is 11.7. The number of carbonyl (C=O) groups excluding carboxylic acids is 1. The standard InChI is InChI=1S/C20H19BrN4O6S/c1-23-8-9-25(32(23,28)29)15-10-14(21)11-24-18(15)22-16(20(27)30-2)17(19(24)26)31-12-13-6-4-3-5-7-13/h3-7,10-11H,8-9,12H2,1-2H3. The lowest BCUT2D eigenvalue weighted by molar-refractivity contribution is 0.0588. The predicted octanol–water partition coefficient (Wildman–Crippen LogP) is 1.82. The summed E-state index contributed by atoms with van der Waals surface area (Å²) >= 11 is 3.32. The summed E-state index contributed by atoms with van der Waals surface area (Å²) < 4.78 is 39.9.